The van der Waals surface area contributed by atoms with Crippen molar-refractivity contribution in [3.63, 3.8) is 0 Å². The van der Waals surface area contributed by atoms with E-state index in [4.69, 9.17) is 9.47 Å². The van der Waals surface area contributed by atoms with Crippen molar-refractivity contribution in [2.75, 3.05) is 13.2 Å². The number of nitrogens with zero attached hydrogens (tertiary/aromatic N) is 2. The van der Waals surface area contributed by atoms with E-state index in [1.54, 1.807) is 36.8 Å². The molecule has 0 bridgehead atoms. The summed E-state index contributed by atoms with van der Waals surface area (Å²) in [6, 6.07) is 5.37. The van der Waals surface area contributed by atoms with E-state index in [1.807, 2.05) is 0 Å². The highest BCUT2D eigenvalue weighted by Crippen LogP contribution is 2.33. The Bertz CT molecular complexity index is 545. The van der Waals surface area contributed by atoms with Gasteiger partial charge in [0.2, 0.25) is 0 Å². The van der Waals surface area contributed by atoms with Gasteiger partial charge < -0.3 is 14.6 Å². The van der Waals surface area contributed by atoms with Gasteiger partial charge in [0, 0.05) is 12.4 Å². The molecule has 1 aromatic carbocycles. The molecule has 0 aliphatic carbocycles. The highest BCUT2D eigenvalue weighted by molar-refractivity contribution is 5.45. The monoisotopic (exact) mass is 244 g/mol. The Morgan fingerprint density at radius 1 is 1.11 bits per heavy atom. The second-order valence-corrected chi connectivity index (χ2v) is 3.94. The van der Waals surface area contributed by atoms with Gasteiger partial charge in [0.15, 0.2) is 11.5 Å². The van der Waals surface area contributed by atoms with Crippen LogP contribution in [0.15, 0.2) is 36.8 Å². The van der Waals surface area contributed by atoms with E-state index in [-0.39, 0.29) is 0 Å². The van der Waals surface area contributed by atoms with Gasteiger partial charge in [-0.2, -0.15) is 0 Å². The van der Waals surface area contributed by atoms with Gasteiger partial charge >= 0.3 is 0 Å². The minimum absolute atomic E-state index is 0.508. The minimum Gasteiger partial charge on any atom is -0.486 e. The van der Waals surface area contributed by atoms with Crippen molar-refractivity contribution < 1.29 is 14.6 Å². The number of benzene rings is 1. The summed E-state index contributed by atoms with van der Waals surface area (Å²) in [5.74, 6) is 1.36. The maximum absolute atomic E-state index is 10.2. The molecule has 0 spiro atoms. The third-order valence-electron chi connectivity index (χ3n) is 2.75. The molecule has 1 aliphatic heterocycles. The molecule has 1 N–H and O–H groups in total. The first-order valence-corrected chi connectivity index (χ1v) is 5.68. The first-order chi connectivity index (χ1) is 8.84. The molecule has 1 atom stereocenters. The lowest BCUT2D eigenvalue weighted by Gasteiger charge is -2.20. The van der Waals surface area contributed by atoms with Crippen LogP contribution < -0.4 is 9.47 Å². The maximum Gasteiger partial charge on any atom is 0.161 e. The van der Waals surface area contributed by atoms with Gasteiger partial charge in [0.05, 0.1) is 11.9 Å². The van der Waals surface area contributed by atoms with Gasteiger partial charge in [-0.1, -0.05) is 6.07 Å². The van der Waals surface area contributed by atoms with Crippen LogP contribution in [0.2, 0.25) is 0 Å². The molecule has 92 valence electrons. The van der Waals surface area contributed by atoms with E-state index >= 15 is 0 Å². The molecule has 0 fully saturated rings. The first-order valence-electron chi connectivity index (χ1n) is 5.68. The molecule has 5 heteroatoms. The number of hydrogen-bond acceptors (Lipinski definition) is 5. The average molecular weight is 244 g/mol. The third-order valence-corrected chi connectivity index (χ3v) is 2.75. The molecule has 18 heavy (non-hydrogen) atoms. The van der Waals surface area contributed by atoms with Crippen molar-refractivity contribution >= 4 is 0 Å². The molecule has 0 amide bonds. The lowest BCUT2D eigenvalue weighted by Crippen LogP contribution is -2.15. The summed E-state index contributed by atoms with van der Waals surface area (Å²) < 4.78 is 10.9. The molecule has 2 heterocycles. The topological polar surface area (TPSA) is 64.5 Å². The quantitative estimate of drug-likeness (QED) is 0.863. The zero-order valence-corrected chi connectivity index (χ0v) is 9.61. The Balaban J connectivity index is 1.93. The lowest BCUT2D eigenvalue weighted by atomic mass is 10.1. The molecule has 0 saturated carbocycles. The fourth-order valence-corrected chi connectivity index (χ4v) is 1.85. The predicted molar refractivity (Wildman–Crippen MR) is 63.5 cm³/mol. The minimum atomic E-state index is -0.811. The molecule has 0 radical (unpaired) electrons. The van der Waals surface area contributed by atoms with Crippen LogP contribution in [0.3, 0.4) is 0 Å². The van der Waals surface area contributed by atoms with Gasteiger partial charge in [0.1, 0.15) is 19.3 Å². The van der Waals surface area contributed by atoms with Crippen molar-refractivity contribution in [2.24, 2.45) is 0 Å². The van der Waals surface area contributed by atoms with Gasteiger partial charge in [0.25, 0.3) is 0 Å². The molecule has 0 saturated heterocycles. The molecule has 1 unspecified atom stereocenters. The predicted octanol–water partition coefficient (Wildman–Crippen LogP) is 1.33. The third kappa shape index (κ3) is 2.00. The van der Waals surface area contributed by atoms with Gasteiger partial charge in [-0.05, 0) is 17.7 Å². The van der Waals surface area contributed by atoms with E-state index in [2.05, 4.69) is 9.97 Å². The number of aliphatic hydroxyl groups excluding tert-OH is 1. The summed E-state index contributed by atoms with van der Waals surface area (Å²) in [4.78, 5) is 8.02. The Morgan fingerprint density at radius 3 is 2.72 bits per heavy atom. The lowest BCUT2D eigenvalue weighted by molar-refractivity contribution is 0.169. The van der Waals surface area contributed by atoms with E-state index < -0.39 is 6.10 Å². The number of aliphatic hydroxyl groups is 1. The SMILES string of the molecule is OC(c1ccc2c(c1)OCCO2)c1cnccn1. The van der Waals surface area contributed by atoms with Crippen LogP contribution in [0.4, 0.5) is 0 Å². The van der Waals surface area contributed by atoms with Crippen molar-refractivity contribution in [3.05, 3.63) is 48.0 Å². The fraction of sp³-hybridized carbons (Fsp3) is 0.231. The standard InChI is InChI=1S/C13H12N2O3/c16-13(10-8-14-3-4-15-10)9-1-2-11-12(7-9)18-6-5-17-11/h1-4,7-8,13,16H,5-6H2. The van der Waals surface area contributed by atoms with Crippen LogP contribution >= 0.6 is 0 Å². The van der Waals surface area contributed by atoms with E-state index in [0.717, 1.165) is 0 Å². The number of aromatic nitrogens is 2. The number of ether oxygens (including phenoxy) is 2. The Morgan fingerprint density at radius 2 is 1.94 bits per heavy atom. The normalized spacial score (nSPS) is 15.2. The highest BCUT2D eigenvalue weighted by Gasteiger charge is 2.17. The van der Waals surface area contributed by atoms with E-state index in [1.165, 1.54) is 0 Å². The van der Waals surface area contributed by atoms with E-state index in [0.29, 0.717) is 36.0 Å². The van der Waals surface area contributed by atoms with Crippen LogP contribution in [0.25, 0.3) is 0 Å². The molecule has 3 rings (SSSR count). The smallest absolute Gasteiger partial charge is 0.161 e. The second-order valence-electron chi connectivity index (χ2n) is 3.94. The molecule has 1 aliphatic rings. The molecular weight excluding hydrogens is 232 g/mol. The zero-order chi connectivity index (χ0) is 12.4. The Labute approximate surface area is 104 Å². The summed E-state index contributed by atoms with van der Waals surface area (Å²) in [7, 11) is 0. The summed E-state index contributed by atoms with van der Waals surface area (Å²) in [6.07, 6.45) is 3.85. The number of rotatable bonds is 2. The van der Waals surface area contributed by atoms with Crippen LogP contribution in [0, 0.1) is 0 Å². The average Bonchev–Trinajstić information content (AvgIpc) is 2.47. The second kappa shape index (κ2) is 4.62. The summed E-state index contributed by atoms with van der Waals surface area (Å²) in [5, 5.41) is 10.2. The van der Waals surface area contributed by atoms with Crippen LogP contribution in [0.5, 0.6) is 11.5 Å². The van der Waals surface area contributed by atoms with Crippen molar-refractivity contribution in [1.82, 2.24) is 9.97 Å². The van der Waals surface area contributed by atoms with Crippen LogP contribution in [-0.4, -0.2) is 28.3 Å². The summed E-state index contributed by atoms with van der Waals surface area (Å²) in [6.45, 7) is 1.08. The fourth-order valence-electron chi connectivity index (χ4n) is 1.85. The van der Waals surface area contributed by atoms with Crippen LogP contribution in [-0.2, 0) is 0 Å². The number of fused-ring (bicyclic) bond motifs is 1. The molecule has 5 nitrogen and oxygen atoms in total. The Kier molecular flexibility index (Phi) is 2.82. The first kappa shape index (κ1) is 11.0. The van der Waals surface area contributed by atoms with Crippen molar-refractivity contribution in [3.8, 4) is 11.5 Å². The molecular formula is C13H12N2O3. The maximum atomic E-state index is 10.2. The van der Waals surface area contributed by atoms with Gasteiger partial charge in [-0.25, -0.2) is 0 Å². The molecule has 2 aromatic rings. The Hall–Kier alpha value is -2.14. The molecule has 1 aromatic heterocycles. The van der Waals surface area contributed by atoms with Gasteiger partial charge in [-0.15, -0.1) is 0 Å². The van der Waals surface area contributed by atoms with Crippen molar-refractivity contribution in [2.45, 2.75) is 6.10 Å². The zero-order valence-electron chi connectivity index (χ0n) is 9.61. The van der Waals surface area contributed by atoms with Gasteiger partial charge in [-0.3, -0.25) is 9.97 Å². The van der Waals surface area contributed by atoms with E-state index in [9.17, 15) is 5.11 Å². The largest absolute Gasteiger partial charge is 0.486 e. The number of hydrogen-bond donors (Lipinski definition) is 1. The summed E-state index contributed by atoms with van der Waals surface area (Å²) in [5.41, 5.74) is 1.22. The van der Waals surface area contributed by atoms with Crippen LogP contribution in [0.1, 0.15) is 17.4 Å². The van der Waals surface area contributed by atoms with Crippen molar-refractivity contribution in [1.29, 1.82) is 0 Å². The highest BCUT2D eigenvalue weighted by atomic mass is 16.6. The summed E-state index contributed by atoms with van der Waals surface area (Å²) >= 11 is 0.